The van der Waals surface area contributed by atoms with E-state index in [1.54, 1.807) is 12.1 Å². The molecule has 0 amide bonds. The van der Waals surface area contributed by atoms with Crippen molar-refractivity contribution in [1.82, 2.24) is 0 Å². The van der Waals surface area contributed by atoms with Gasteiger partial charge in [-0.2, -0.15) is 0 Å². The van der Waals surface area contributed by atoms with E-state index in [4.69, 9.17) is 4.74 Å². The normalized spacial score (nSPS) is 9.18. The molecular weight excluding hydrogens is 145 g/mol. The van der Waals surface area contributed by atoms with Crippen molar-refractivity contribution in [2.45, 2.75) is 0 Å². The number of methoxy groups -OCH3 is 1. The molecule has 0 aromatic heterocycles. The van der Waals surface area contributed by atoms with Gasteiger partial charge in [-0.05, 0) is 6.07 Å². The molecule has 4 nitrogen and oxygen atoms in total. The molecule has 0 aliphatic heterocycles. The molecule has 58 valence electrons. The number of non-ortho nitro benzene ring substituents is 1. The molecule has 0 radical (unpaired) electrons. The maximum Gasteiger partial charge on any atom is 0.273 e. The summed E-state index contributed by atoms with van der Waals surface area (Å²) >= 11 is 0. The average Bonchev–Trinajstić information content (AvgIpc) is 2.05. The lowest BCUT2D eigenvalue weighted by molar-refractivity contribution is -0.384. The van der Waals surface area contributed by atoms with E-state index in [-0.39, 0.29) is 5.69 Å². The van der Waals surface area contributed by atoms with Crippen molar-refractivity contribution >= 4 is 5.69 Å². The minimum atomic E-state index is -0.456. The third-order valence-electron chi connectivity index (χ3n) is 1.26. The number of nitro groups is 1. The van der Waals surface area contributed by atoms with Gasteiger partial charge < -0.3 is 4.74 Å². The minimum Gasteiger partial charge on any atom is -0.497 e. The molecule has 0 bridgehead atoms. The van der Waals surface area contributed by atoms with Gasteiger partial charge in [-0.3, -0.25) is 10.1 Å². The summed E-state index contributed by atoms with van der Waals surface area (Å²) in [5.74, 6) is 0.499. The Hall–Kier alpha value is -1.58. The van der Waals surface area contributed by atoms with Gasteiger partial charge in [0.05, 0.1) is 18.1 Å². The fraction of sp³-hybridized carbons (Fsp3) is 0.143. The lowest BCUT2D eigenvalue weighted by Crippen LogP contribution is -1.88. The van der Waals surface area contributed by atoms with Crippen LogP contribution in [0.15, 0.2) is 24.3 Å². The van der Waals surface area contributed by atoms with Gasteiger partial charge in [-0.25, -0.2) is 0 Å². The first-order chi connectivity index (χ1) is 5.24. The van der Waals surface area contributed by atoms with E-state index in [1.807, 2.05) is 0 Å². The maximum absolute atomic E-state index is 10.2. The predicted octanol–water partition coefficient (Wildman–Crippen LogP) is 1.60. The first-order valence-electron chi connectivity index (χ1n) is 3.02. The Kier molecular flexibility index (Phi) is 2.06. The lowest BCUT2D eigenvalue weighted by atomic mass is 9.92. The van der Waals surface area contributed by atoms with Crippen LogP contribution in [0.5, 0.6) is 5.75 Å². The molecule has 1 rings (SSSR count). The van der Waals surface area contributed by atoms with Gasteiger partial charge in [-0.1, -0.05) is 6.07 Å². The van der Waals surface area contributed by atoms with E-state index < -0.39 is 4.92 Å². The van der Waals surface area contributed by atoms with Crippen molar-refractivity contribution in [3.8, 4) is 5.75 Å². The molecular formula is C7H7NO3. The highest BCUT2D eigenvalue weighted by molar-refractivity contribution is 5.37. The summed E-state index contributed by atoms with van der Waals surface area (Å²) in [7, 11) is 1.47. The van der Waals surface area contributed by atoms with Crippen molar-refractivity contribution in [3.63, 3.8) is 0 Å². The molecule has 4 heteroatoms. The molecule has 0 aliphatic rings. The van der Waals surface area contributed by atoms with Crippen LogP contribution in [0.3, 0.4) is 0 Å². The van der Waals surface area contributed by atoms with Crippen LogP contribution in [0.2, 0.25) is 0 Å². The van der Waals surface area contributed by atoms with Crippen molar-refractivity contribution in [2.24, 2.45) is 0 Å². The maximum atomic E-state index is 10.2. The summed E-state index contributed by atoms with van der Waals surface area (Å²) in [5, 5.41) is 10.2. The summed E-state index contributed by atoms with van der Waals surface area (Å²) in [6.07, 6.45) is 0. The Morgan fingerprint density at radius 3 is 2.82 bits per heavy atom. The smallest absolute Gasteiger partial charge is 0.273 e. The van der Waals surface area contributed by atoms with Crippen LogP contribution in [-0.4, -0.2) is 12.0 Å². The number of hydrogen-bond acceptors (Lipinski definition) is 3. The Balaban J connectivity index is 3.01. The molecule has 0 N–H and O–H groups in total. The third kappa shape index (κ3) is 1.67. The second-order valence-corrected chi connectivity index (χ2v) is 1.96. The zero-order valence-electron chi connectivity index (χ0n) is 5.98. The molecule has 0 saturated heterocycles. The molecule has 11 heavy (non-hydrogen) atoms. The van der Waals surface area contributed by atoms with Crippen LogP contribution in [0.25, 0.3) is 0 Å². The average molecular weight is 152 g/mol. The molecule has 0 fully saturated rings. The Morgan fingerprint density at radius 1 is 1.55 bits per heavy atom. The molecule has 0 heterocycles. The highest BCUT2D eigenvalue weighted by Gasteiger charge is 2.04. The molecule has 0 saturated carbocycles. The number of nitro benzene ring substituents is 1. The molecule has 0 spiro atoms. The van der Waals surface area contributed by atoms with E-state index in [0.29, 0.717) is 5.75 Å². The second kappa shape index (κ2) is 3.01. The van der Waals surface area contributed by atoms with Gasteiger partial charge in [-0.15, -0.1) is 0 Å². The van der Waals surface area contributed by atoms with Crippen LogP contribution in [0, 0.1) is 10.1 Å². The summed E-state index contributed by atoms with van der Waals surface area (Å²) < 4.78 is 4.80. The SMILES string of the molecule is COc1ccc[11c]([N+](=O)[O-])c1. The van der Waals surface area contributed by atoms with Crippen molar-refractivity contribution in [1.29, 1.82) is 0 Å². The monoisotopic (exact) mass is 152 g/mol. The van der Waals surface area contributed by atoms with Gasteiger partial charge in [0.1, 0.15) is 5.75 Å². The van der Waals surface area contributed by atoms with Gasteiger partial charge in [0.25, 0.3) is 5.69 Å². The van der Waals surface area contributed by atoms with Crippen LogP contribution in [-0.2, 0) is 0 Å². The topological polar surface area (TPSA) is 52.4 Å². The zero-order valence-corrected chi connectivity index (χ0v) is 5.98. The van der Waals surface area contributed by atoms with E-state index in [0.717, 1.165) is 0 Å². The van der Waals surface area contributed by atoms with Crippen LogP contribution in [0.1, 0.15) is 0 Å². The Labute approximate surface area is 63.6 Å². The van der Waals surface area contributed by atoms with Crippen molar-refractivity contribution < 1.29 is 9.66 Å². The quantitative estimate of drug-likeness (QED) is 0.477. The molecule has 0 atom stereocenters. The highest BCUT2D eigenvalue weighted by Crippen LogP contribution is 2.17. The number of ether oxygens (including phenoxy) is 1. The van der Waals surface area contributed by atoms with E-state index in [1.165, 1.54) is 19.2 Å². The van der Waals surface area contributed by atoms with Crippen molar-refractivity contribution in [2.75, 3.05) is 7.11 Å². The summed E-state index contributed by atoms with van der Waals surface area (Å²) in [6.45, 7) is 0. The summed E-state index contributed by atoms with van der Waals surface area (Å²) in [6, 6.07) is 6.03. The number of benzene rings is 1. The first kappa shape index (κ1) is 7.53. The van der Waals surface area contributed by atoms with Gasteiger partial charge in [0.15, 0.2) is 0 Å². The van der Waals surface area contributed by atoms with Gasteiger partial charge >= 0.3 is 0 Å². The largest absolute Gasteiger partial charge is 0.497 e. The Bertz CT molecular complexity index is 272. The van der Waals surface area contributed by atoms with Gasteiger partial charge in [0.2, 0.25) is 0 Å². The Morgan fingerprint density at radius 2 is 2.27 bits per heavy atom. The van der Waals surface area contributed by atoms with E-state index in [2.05, 4.69) is 0 Å². The van der Waals surface area contributed by atoms with Crippen LogP contribution >= 0.6 is 0 Å². The van der Waals surface area contributed by atoms with Crippen LogP contribution < -0.4 is 4.74 Å². The number of hydrogen-bond donors (Lipinski definition) is 0. The highest BCUT2D eigenvalue weighted by atomic mass is 16.6. The standard InChI is InChI=1S/C7H7NO3/c1-11-7-4-2-3-6(5-7)8(9)10/h2-5H,1H3/i6-1. The molecule has 1 aromatic carbocycles. The van der Waals surface area contributed by atoms with E-state index >= 15 is 0 Å². The predicted molar refractivity (Wildman–Crippen MR) is 39.6 cm³/mol. The lowest BCUT2D eigenvalue weighted by Gasteiger charge is -1.96. The second-order valence-electron chi connectivity index (χ2n) is 1.96. The minimum absolute atomic E-state index is 0.0457. The van der Waals surface area contributed by atoms with Crippen LogP contribution in [0.4, 0.5) is 5.69 Å². The van der Waals surface area contributed by atoms with Gasteiger partial charge in [0, 0.05) is 6.07 Å². The molecule has 1 aromatic rings. The third-order valence-corrected chi connectivity index (χ3v) is 1.26. The molecule has 0 aliphatic carbocycles. The summed E-state index contributed by atoms with van der Waals surface area (Å²) in [4.78, 5) is 9.76. The first-order valence-corrected chi connectivity index (χ1v) is 3.02. The van der Waals surface area contributed by atoms with E-state index in [9.17, 15) is 10.1 Å². The number of rotatable bonds is 2. The molecule has 0 unspecified atom stereocenters. The number of nitrogens with zero attached hydrogens (tertiary/aromatic N) is 1. The fourth-order valence-corrected chi connectivity index (χ4v) is 0.724. The summed E-state index contributed by atoms with van der Waals surface area (Å²) in [5.41, 5.74) is 0.0457. The zero-order chi connectivity index (χ0) is 8.27. The van der Waals surface area contributed by atoms with Crippen molar-refractivity contribution in [3.05, 3.63) is 34.4 Å². The fourth-order valence-electron chi connectivity index (χ4n) is 0.724.